The molecule has 1 atom stereocenters. The van der Waals surface area contributed by atoms with Gasteiger partial charge in [0.25, 0.3) is 5.91 Å². The highest BCUT2D eigenvalue weighted by molar-refractivity contribution is 5.85. The predicted molar refractivity (Wildman–Crippen MR) is 108 cm³/mol. The number of nitrogens with zero attached hydrogens (tertiary/aromatic N) is 3. The number of hydrogen-bond donors (Lipinski definition) is 2. The van der Waals surface area contributed by atoms with Crippen LogP contribution in [0.4, 0.5) is 4.39 Å². The van der Waals surface area contributed by atoms with Crippen LogP contribution >= 0.6 is 0 Å². The summed E-state index contributed by atoms with van der Waals surface area (Å²) in [5.74, 6) is -0.547. The SMILES string of the molecule is O=C(NCc1ccncc1)C1(F)CCCN(Cc2cn[nH]c2-c2ccccc2)C1. The first-order valence-electron chi connectivity index (χ1n) is 9.80. The van der Waals surface area contributed by atoms with Gasteiger partial charge in [0.2, 0.25) is 5.67 Å². The summed E-state index contributed by atoms with van der Waals surface area (Å²) in [5.41, 5.74) is 1.98. The van der Waals surface area contributed by atoms with Gasteiger partial charge in [-0.1, -0.05) is 30.3 Å². The number of aromatic nitrogens is 3. The molecule has 1 aliphatic rings. The second-order valence-corrected chi connectivity index (χ2v) is 7.45. The van der Waals surface area contributed by atoms with E-state index in [0.717, 1.165) is 28.9 Å². The monoisotopic (exact) mass is 393 g/mol. The third-order valence-electron chi connectivity index (χ3n) is 5.31. The molecular weight excluding hydrogens is 369 g/mol. The van der Waals surface area contributed by atoms with Gasteiger partial charge in [0, 0.05) is 37.6 Å². The van der Waals surface area contributed by atoms with E-state index in [0.29, 0.717) is 19.5 Å². The van der Waals surface area contributed by atoms with E-state index in [1.807, 2.05) is 47.4 Å². The second-order valence-electron chi connectivity index (χ2n) is 7.45. The van der Waals surface area contributed by atoms with Crippen LogP contribution in [0.15, 0.2) is 61.1 Å². The van der Waals surface area contributed by atoms with E-state index in [9.17, 15) is 4.79 Å². The van der Waals surface area contributed by atoms with Gasteiger partial charge >= 0.3 is 0 Å². The van der Waals surface area contributed by atoms with Crippen LogP contribution in [-0.2, 0) is 17.9 Å². The maximum absolute atomic E-state index is 15.5. The number of pyridine rings is 1. The molecule has 4 rings (SSSR count). The van der Waals surface area contributed by atoms with Gasteiger partial charge < -0.3 is 5.32 Å². The summed E-state index contributed by atoms with van der Waals surface area (Å²) in [6, 6.07) is 13.6. The second kappa shape index (κ2) is 8.53. The fourth-order valence-corrected chi connectivity index (χ4v) is 3.78. The number of carbonyl (C=O) groups is 1. The first kappa shape index (κ1) is 19.3. The van der Waals surface area contributed by atoms with Crippen molar-refractivity contribution < 1.29 is 9.18 Å². The summed E-state index contributed by atoms with van der Waals surface area (Å²) >= 11 is 0. The quantitative estimate of drug-likeness (QED) is 0.675. The number of alkyl halides is 1. The van der Waals surface area contributed by atoms with Crippen molar-refractivity contribution in [2.24, 2.45) is 0 Å². The average Bonchev–Trinajstić information content (AvgIpc) is 3.21. The predicted octanol–water partition coefficient (Wildman–Crippen LogP) is 3.09. The molecule has 1 saturated heterocycles. The smallest absolute Gasteiger partial charge is 0.259 e. The normalized spacial score (nSPS) is 19.8. The highest BCUT2D eigenvalue weighted by atomic mass is 19.1. The molecule has 0 saturated carbocycles. The van der Waals surface area contributed by atoms with Crippen LogP contribution in [0.25, 0.3) is 11.3 Å². The Morgan fingerprint density at radius 1 is 1.21 bits per heavy atom. The van der Waals surface area contributed by atoms with Crippen molar-refractivity contribution in [3.8, 4) is 11.3 Å². The van der Waals surface area contributed by atoms with Gasteiger partial charge in [0.05, 0.1) is 11.9 Å². The minimum Gasteiger partial charge on any atom is -0.349 e. The Morgan fingerprint density at radius 2 is 2.00 bits per heavy atom. The third kappa shape index (κ3) is 4.51. The summed E-state index contributed by atoms with van der Waals surface area (Å²) in [4.78, 5) is 18.5. The van der Waals surface area contributed by atoms with E-state index in [1.165, 1.54) is 0 Å². The molecule has 3 heterocycles. The minimum absolute atomic E-state index is 0.0780. The van der Waals surface area contributed by atoms with Crippen molar-refractivity contribution in [2.75, 3.05) is 13.1 Å². The zero-order valence-corrected chi connectivity index (χ0v) is 16.1. The average molecular weight is 393 g/mol. The van der Waals surface area contributed by atoms with Crippen molar-refractivity contribution in [2.45, 2.75) is 31.6 Å². The molecule has 1 amide bonds. The molecule has 0 spiro atoms. The summed E-state index contributed by atoms with van der Waals surface area (Å²) in [7, 11) is 0. The number of H-pyrrole nitrogens is 1. The molecule has 0 bridgehead atoms. The first-order valence-corrected chi connectivity index (χ1v) is 9.80. The summed E-state index contributed by atoms with van der Waals surface area (Å²) < 4.78 is 15.5. The molecule has 0 aliphatic carbocycles. The molecule has 3 aromatic rings. The summed E-state index contributed by atoms with van der Waals surface area (Å²) in [5, 5.41) is 9.95. The Balaban J connectivity index is 1.41. The highest BCUT2D eigenvalue weighted by Crippen LogP contribution is 2.29. The van der Waals surface area contributed by atoms with Crippen molar-refractivity contribution in [3.05, 3.63) is 72.2 Å². The van der Waals surface area contributed by atoms with Crippen LogP contribution in [-0.4, -0.2) is 44.7 Å². The van der Waals surface area contributed by atoms with E-state index in [1.54, 1.807) is 18.6 Å². The molecule has 7 heteroatoms. The number of aromatic amines is 1. The molecule has 2 aromatic heterocycles. The van der Waals surface area contributed by atoms with E-state index in [-0.39, 0.29) is 13.0 Å². The zero-order chi connectivity index (χ0) is 20.1. The Labute approximate surface area is 169 Å². The van der Waals surface area contributed by atoms with Gasteiger partial charge in [0.1, 0.15) is 0 Å². The molecule has 29 heavy (non-hydrogen) atoms. The van der Waals surface area contributed by atoms with Crippen molar-refractivity contribution in [1.82, 2.24) is 25.4 Å². The Morgan fingerprint density at radius 3 is 2.79 bits per heavy atom. The van der Waals surface area contributed by atoms with Gasteiger partial charge in [-0.2, -0.15) is 5.10 Å². The molecule has 1 aliphatic heterocycles. The molecule has 6 nitrogen and oxygen atoms in total. The van der Waals surface area contributed by atoms with Gasteiger partial charge in [-0.3, -0.25) is 19.8 Å². The Bertz CT molecular complexity index is 946. The lowest BCUT2D eigenvalue weighted by Gasteiger charge is -2.36. The van der Waals surface area contributed by atoms with Gasteiger partial charge in [-0.15, -0.1) is 0 Å². The van der Waals surface area contributed by atoms with Gasteiger partial charge in [-0.25, -0.2) is 4.39 Å². The number of hydrogen-bond acceptors (Lipinski definition) is 4. The maximum atomic E-state index is 15.5. The number of likely N-dealkylation sites (tertiary alicyclic amines) is 1. The summed E-state index contributed by atoms with van der Waals surface area (Å²) in [6.45, 7) is 1.67. The molecule has 1 unspecified atom stereocenters. The first-order chi connectivity index (χ1) is 14.1. The highest BCUT2D eigenvalue weighted by Gasteiger charge is 2.42. The van der Waals surface area contributed by atoms with Crippen molar-refractivity contribution in [1.29, 1.82) is 0 Å². The number of halogens is 1. The van der Waals surface area contributed by atoms with Crippen LogP contribution in [0.1, 0.15) is 24.0 Å². The minimum atomic E-state index is -1.89. The summed E-state index contributed by atoms with van der Waals surface area (Å²) in [6.07, 6.45) is 5.97. The van der Waals surface area contributed by atoms with Gasteiger partial charge in [0.15, 0.2) is 0 Å². The zero-order valence-electron chi connectivity index (χ0n) is 16.1. The third-order valence-corrected chi connectivity index (χ3v) is 5.31. The van der Waals surface area contributed by atoms with E-state index < -0.39 is 11.6 Å². The van der Waals surface area contributed by atoms with E-state index in [4.69, 9.17) is 0 Å². The molecule has 0 radical (unpaired) electrons. The Hall–Kier alpha value is -3.06. The lowest BCUT2D eigenvalue weighted by atomic mass is 9.93. The lowest BCUT2D eigenvalue weighted by Crippen LogP contribution is -2.53. The number of amides is 1. The fraction of sp³-hybridized carbons (Fsp3) is 0.318. The molecule has 2 N–H and O–H groups in total. The van der Waals surface area contributed by atoms with E-state index in [2.05, 4.69) is 20.5 Å². The largest absolute Gasteiger partial charge is 0.349 e. The fourth-order valence-electron chi connectivity index (χ4n) is 3.78. The topological polar surface area (TPSA) is 73.9 Å². The van der Waals surface area contributed by atoms with Crippen molar-refractivity contribution >= 4 is 5.91 Å². The number of nitrogens with one attached hydrogen (secondary N) is 2. The van der Waals surface area contributed by atoms with Crippen LogP contribution < -0.4 is 5.32 Å². The lowest BCUT2D eigenvalue weighted by molar-refractivity contribution is -0.137. The number of benzene rings is 1. The number of carbonyl (C=O) groups excluding carboxylic acids is 1. The number of rotatable bonds is 6. The van der Waals surface area contributed by atoms with Crippen LogP contribution in [0.3, 0.4) is 0 Å². The van der Waals surface area contributed by atoms with Crippen LogP contribution in [0, 0.1) is 0 Å². The standard InChI is InChI=1S/C22H24FN5O/c23-22(21(29)25-13-17-7-10-24-11-8-17)9-4-12-28(16-22)15-19-14-26-27-20(19)18-5-2-1-3-6-18/h1-3,5-8,10-11,14H,4,9,12-13,15-16H2,(H,25,29)(H,26,27). The Kier molecular flexibility index (Phi) is 5.67. The molecule has 150 valence electrons. The molecular formula is C22H24FN5O. The molecule has 1 aromatic carbocycles. The molecule has 1 fully saturated rings. The maximum Gasteiger partial charge on any atom is 0.259 e. The van der Waals surface area contributed by atoms with Crippen LogP contribution in [0.5, 0.6) is 0 Å². The van der Waals surface area contributed by atoms with E-state index >= 15 is 4.39 Å². The van der Waals surface area contributed by atoms with Crippen molar-refractivity contribution in [3.63, 3.8) is 0 Å². The number of piperidine rings is 1. The van der Waals surface area contributed by atoms with Gasteiger partial charge in [-0.05, 0) is 42.6 Å². The van der Waals surface area contributed by atoms with Crippen LogP contribution in [0.2, 0.25) is 0 Å².